The molecule has 3 atom stereocenters. The molecule has 27 heavy (non-hydrogen) atoms. The van der Waals surface area contributed by atoms with E-state index >= 15 is 0 Å². The number of fused-ring (bicyclic) bond motifs is 2. The number of sulfone groups is 1. The summed E-state index contributed by atoms with van der Waals surface area (Å²) < 4.78 is 30.5. The van der Waals surface area contributed by atoms with Gasteiger partial charge in [0, 0.05) is 43.0 Å². The van der Waals surface area contributed by atoms with Gasteiger partial charge in [0.2, 0.25) is 0 Å². The molecule has 0 N–H and O–H groups in total. The maximum absolute atomic E-state index is 12.6. The summed E-state index contributed by atoms with van der Waals surface area (Å²) in [4.78, 5) is 16.2. The van der Waals surface area contributed by atoms with Crippen molar-refractivity contribution in [2.75, 3.05) is 32.9 Å². The van der Waals surface area contributed by atoms with Gasteiger partial charge in [-0.25, -0.2) is 13.2 Å². The van der Waals surface area contributed by atoms with E-state index in [9.17, 15) is 13.2 Å². The summed E-state index contributed by atoms with van der Waals surface area (Å²) >= 11 is 0. The monoisotopic (exact) mass is 390 g/mol. The van der Waals surface area contributed by atoms with Crippen molar-refractivity contribution in [1.82, 2.24) is 9.80 Å². The summed E-state index contributed by atoms with van der Waals surface area (Å²) in [5.74, 6) is 0.378. The third kappa shape index (κ3) is 3.32. The Morgan fingerprint density at radius 2 is 2.00 bits per heavy atom. The molecule has 2 aliphatic heterocycles. The van der Waals surface area contributed by atoms with Gasteiger partial charge in [0.05, 0.1) is 11.0 Å². The fourth-order valence-corrected chi connectivity index (χ4v) is 7.15. The van der Waals surface area contributed by atoms with Crippen LogP contribution in [0.15, 0.2) is 33.5 Å². The normalized spacial score (nSPS) is 27.5. The molecule has 0 unspecified atom stereocenters. The van der Waals surface area contributed by atoms with Crippen LogP contribution in [0.25, 0.3) is 11.0 Å². The SMILES string of the molecule is CCc1ccc2oc(=O)cc(CN3C[C@H]4[C@@H](N(C)C)CS(=O)(=O)[C@H]4C3)c2c1. The van der Waals surface area contributed by atoms with E-state index in [2.05, 4.69) is 17.9 Å². The standard InChI is InChI=1S/C20H26N2O4S/c1-4-13-5-6-18-15(7-13)14(8-20(23)26-18)9-22-10-16-17(21(2)3)12-27(24,25)19(16)11-22/h5-8,16-17,19H,4,9-12H2,1-3H3/t16-,17-,19-/m0/s1. The zero-order valence-corrected chi connectivity index (χ0v) is 16.8. The molecule has 3 heterocycles. The molecule has 2 aliphatic rings. The Balaban J connectivity index is 1.65. The first-order chi connectivity index (χ1) is 12.8. The minimum absolute atomic E-state index is 0.0641. The number of likely N-dealkylation sites (tertiary alicyclic amines) is 1. The van der Waals surface area contributed by atoms with Gasteiger partial charge in [0.25, 0.3) is 0 Å². The third-order valence-electron chi connectivity index (χ3n) is 6.10. The van der Waals surface area contributed by atoms with Gasteiger partial charge in [0.15, 0.2) is 9.84 Å². The predicted octanol–water partition coefficient (Wildman–Crippen LogP) is 1.51. The van der Waals surface area contributed by atoms with Crippen LogP contribution in [0.2, 0.25) is 0 Å². The highest BCUT2D eigenvalue weighted by Gasteiger charge is 2.52. The molecule has 0 amide bonds. The van der Waals surface area contributed by atoms with Crippen LogP contribution in [-0.4, -0.2) is 62.4 Å². The van der Waals surface area contributed by atoms with Gasteiger partial charge in [-0.3, -0.25) is 4.90 Å². The summed E-state index contributed by atoms with van der Waals surface area (Å²) in [6, 6.07) is 7.51. The second kappa shape index (κ2) is 6.72. The summed E-state index contributed by atoms with van der Waals surface area (Å²) in [7, 11) is 0.835. The fourth-order valence-electron chi connectivity index (χ4n) is 4.64. The molecule has 6 nitrogen and oxygen atoms in total. The predicted molar refractivity (Wildman–Crippen MR) is 106 cm³/mol. The Kier molecular flexibility index (Phi) is 4.64. The molecule has 0 radical (unpaired) electrons. The number of nitrogens with zero attached hydrogens (tertiary/aromatic N) is 2. The zero-order valence-electron chi connectivity index (χ0n) is 16.0. The quantitative estimate of drug-likeness (QED) is 0.737. The molecule has 146 valence electrons. The zero-order chi connectivity index (χ0) is 19.3. The van der Waals surface area contributed by atoms with Crippen LogP contribution >= 0.6 is 0 Å². The fraction of sp³-hybridized carbons (Fsp3) is 0.550. The van der Waals surface area contributed by atoms with Gasteiger partial charge in [-0.1, -0.05) is 13.0 Å². The van der Waals surface area contributed by atoms with Crippen LogP contribution in [0, 0.1) is 5.92 Å². The Hall–Kier alpha value is -1.70. The Bertz CT molecular complexity index is 1030. The van der Waals surface area contributed by atoms with Crippen LogP contribution in [0.3, 0.4) is 0 Å². The molecule has 1 aromatic carbocycles. The number of hydrogen-bond acceptors (Lipinski definition) is 6. The molecule has 0 spiro atoms. The van der Waals surface area contributed by atoms with E-state index in [1.807, 2.05) is 31.1 Å². The molecule has 2 saturated heterocycles. The van der Waals surface area contributed by atoms with E-state index < -0.39 is 9.84 Å². The Morgan fingerprint density at radius 1 is 1.22 bits per heavy atom. The maximum Gasteiger partial charge on any atom is 0.336 e. The summed E-state index contributed by atoms with van der Waals surface area (Å²) in [5.41, 5.74) is 2.33. The molecule has 2 fully saturated rings. The van der Waals surface area contributed by atoms with Crippen molar-refractivity contribution in [3.63, 3.8) is 0 Å². The lowest BCUT2D eigenvalue weighted by Gasteiger charge is -2.25. The average Bonchev–Trinajstić information content (AvgIpc) is 3.13. The van der Waals surface area contributed by atoms with Crippen molar-refractivity contribution in [1.29, 1.82) is 0 Å². The molecular formula is C20H26N2O4S. The van der Waals surface area contributed by atoms with Crippen LogP contribution in [0.1, 0.15) is 18.1 Å². The number of rotatable bonds is 4. The van der Waals surface area contributed by atoms with Gasteiger partial charge in [-0.05, 0) is 43.8 Å². The number of benzene rings is 1. The maximum atomic E-state index is 12.6. The van der Waals surface area contributed by atoms with Crippen molar-refractivity contribution < 1.29 is 12.8 Å². The van der Waals surface area contributed by atoms with Crippen molar-refractivity contribution in [3.8, 4) is 0 Å². The van der Waals surface area contributed by atoms with Gasteiger partial charge < -0.3 is 9.32 Å². The smallest absolute Gasteiger partial charge is 0.336 e. The van der Waals surface area contributed by atoms with Crippen molar-refractivity contribution in [2.24, 2.45) is 5.92 Å². The van der Waals surface area contributed by atoms with E-state index in [0.29, 0.717) is 18.7 Å². The molecule has 7 heteroatoms. The average molecular weight is 391 g/mol. The second-order valence-electron chi connectivity index (χ2n) is 8.03. The van der Waals surface area contributed by atoms with Gasteiger partial charge in [0.1, 0.15) is 5.58 Å². The first-order valence-electron chi connectivity index (χ1n) is 9.44. The highest BCUT2D eigenvalue weighted by molar-refractivity contribution is 7.92. The van der Waals surface area contributed by atoms with Crippen LogP contribution in [0.4, 0.5) is 0 Å². The van der Waals surface area contributed by atoms with Gasteiger partial charge in [-0.15, -0.1) is 0 Å². The molecule has 1 aromatic heterocycles. The lowest BCUT2D eigenvalue weighted by atomic mass is 10.00. The summed E-state index contributed by atoms with van der Waals surface area (Å²) in [6.45, 7) is 3.93. The van der Waals surface area contributed by atoms with E-state index in [1.165, 1.54) is 5.56 Å². The molecular weight excluding hydrogens is 364 g/mol. The highest BCUT2D eigenvalue weighted by atomic mass is 32.2. The summed E-state index contributed by atoms with van der Waals surface area (Å²) in [6.07, 6.45) is 0.908. The molecule has 0 bridgehead atoms. The lowest BCUT2D eigenvalue weighted by Crippen LogP contribution is -2.37. The highest BCUT2D eigenvalue weighted by Crippen LogP contribution is 2.36. The first-order valence-corrected chi connectivity index (χ1v) is 11.2. The van der Waals surface area contributed by atoms with Crippen molar-refractivity contribution in [3.05, 3.63) is 45.8 Å². The largest absolute Gasteiger partial charge is 0.423 e. The lowest BCUT2D eigenvalue weighted by molar-refractivity contribution is 0.230. The van der Waals surface area contributed by atoms with E-state index in [1.54, 1.807) is 6.07 Å². The topological polar surface area (TPSA) is 70.8 Å². The van der Waals surface area contributed by atoms with Crippen LogP contribution in [-0.2, 0) is 22.8 Å². The van der Waals surface area contributed by atoms with Gasteiger partial charge in [-0.2, -0.15) is 0 Å². The number of aryl methyl sites for hydroxylation is 1. The van der Waals surface area contributed by atoms with E-state index in [-0.39, 0.29) is 28.6 Å². The Labute approximate surface area is 159 Å². The minimum atomic E-state index is -3.07. The van der Waals surface area contributed by atoms with Crippen molar-refractivity contribution in [2.45, 2.75) is 31.2 Å². The molecule has 0 saturated carbocycles. The third-order valence-corrected chi connectivity index (χ3v) is 8.33. The van der Waals surface area contributed by atoms with Crippen LogP contribution in [0.5, 0.6) is 0 Å². The molecule has 2 aromatic rings. The van der Waals surface area contributed by atoms with Crippen molar-refractivity contribution >= 4 is 20.8 Å². The summed E-state index contributed by atoms with van der Waals surface area (Å²) in [5, 5.41) is 0.639. The van der Waals surface area contributed by atoms with E-state index in [4.69, 9.17) is 4.42 Å². The molecule has 4 rings (SSSR count). The van der Waals surface area contributed by atoms with Crippen LogP contribution < -0.4 is 5.63 Å². The van der Waals surface area contributed by atoms with E-state index in [0.717, 1.165) is 23.9 Å². The minimum Gasteiger partial charge on any atom is -0.423 e. The first kappa shape index (κ1) is 18.7. The Morgan fingerprint density at radius 3 is 2.70 bits per heavy atom. The number of hydrogen-bond donors (Lipinski definition) is 0. The molecule has 0 aliphatic carbocycles. The second-order valence-corrected chi connectivity index (χ2v) is 10.3. The van der Waals surface area contributed by atoms with Gasteiger partial charge >= 0.3 is 5.63 Å².